The number of carbonyl (C=O) groups excluding carboxylic acids is 1. The number of rotatable bonds is 5. The fraction of sp³-hybridized carbons (Fsp3) is 0.545. The first-order chi connectivity index (χ1) is 13.6. The van der Waals surface area contributed by atoms with Gasteiger partial charge >= 0.3 is 0 Å². The van der Waals surface area contributed by atoms with Gasteiger partial charge < -0.3 is 20.1 Å². The summed E-state index contributed by atoms with van der Waals surface area (Å²) in [5.41, 5.74) is 3.05. The molecule has 2 aliphatic rings. The van der Waals surface area contributed by atoms with Crippen molar-refractivity contribution < 1.29 is 14.6 Å². The summed E-state index contributed by atoms with van der Waals surface area (Å²) >= 11 is 0. The summed E-state index contributed by atoms with van der Waals surface area (Å²) in [6.07, 6.45) is 9.62. The van der Waals surface area contributed by atoms with Crippen molar-refractivity contribution in [3.63, 3.8) is 0 Å². The number of pyridine rings is 1. The van der Waals surface area contributed by atoms with Crippen molar-refractivity contribution in [1.29, 1.82) is 0 Å². The van der Waals surface area contributed by atoms with E-state index in [0.29, 0.717) is 11.0 Å². The van der Waals surface area contributed by atoms with Crippen LogP contribution in [0.2, 0.25) is 0 Å². The van der Waals surface area contributed by atoms with Crippen LogP contribution in [0, 0.1) is 5.41 Å². The number of ether oxygens (including phenoxy) is 1. The third kappa shape index (κ3) is 3.65. The molecule has 2 N–H and O–H groups in total. The Morgan fingerprint density at radius 3 is 2.64 bits per heavy atom. The van der Waals surface area contributed by atoms with E-state index < -0.39 is 0 Å². The number of benzene rings is 1. The summed E-state index contributed by atoms with van der Waals surface area (Å²) < 4.78 is 5.52. The van der Waals surface area contributed by atoms with Gasteiger partial charge in [-0.2, -0.15) is 0 Å². The third-order valence-corrected chi connectivity index (χ3v) is 6.46. The molecule has 2 heterocycles. The smallest absolute Gasteiger partial charge is 0.252 e. The van der Waals surface area contributed by atoms with E-state index in [4.69, 9.17) is 9.84 Å². The van der Waals surface area contributed by atoms with Gasteiger partial charge in [0.05, 0.1) is 30.5 Å². The number of aliphatic hydroxyl groups excluding tert-OH is 1. The maximum Gasteiger partial charge on any atom is 0.252 e. The normalized spacial score (nSPS) is 18.6. The minimum atomic E-state index is -0.228. The van der Waals surface area contributed by atoms with Crippen LogP contribution in [0.4, 0.5) is 5.69 Å². The first kappa shape index (κ1) is 19.0. The molecule has 0 unspecified atom stereocenters. The molecule has 28 heavy (non-hydrogen) atoms. The number of aromatic nitrogens is 1. The molecule has 1 amide bonds. The van der Waals surface area contributed by atoms with Crippen molar-refractivity contribution >= 4 is 22.5 Å². The number of hydrogen-bond acceptors (Lipinski definition) is 5. The van der Waals surface area contributed by atoms with Gasteiger partial charge in [0.2, 0.25) is 0 Å². The molecular formula is C22H29N3O3. The van der Waals surface area contributed by atoms with Crippen LogP contribution in [0.1, 0.15) is 48.9 Å². The lowest BCUT2D eigenvalue weighted by Crippen LogP contribution is -2.39. The van der Waals surface area contributed by atoms with E-state index in [0.717, 1.165) is 35.4 Å². The Labute approximate surface area is 165 Å². The van der Waals surface area contributed by atoms with Crippen molar-refractivity contribution in [3.05, 3.63) is 30.0 Å². The van der Waals surface area contributed by atoms with Crippen LogP contribution in [0.3, 0.4) is 0 Å². The van der Waals surface area contributed by atoms with Gasteiger partial charge in [0.15, 0.2) is 0 Å². The van der Waals surface area contributed by atoms with Crippen LogP contribution < -0.4 is 15.0 Å². The zero-order valence-corrected chi connectivity index (χ0v) is 16.5. The molecule has 1 spiro atoms. The van der Waals surface area contributed by atoms with Crippen molar-refractivity contribution in [2.24, 2.45) is 5.41 Å². The molecule has 0 radical (unpaired) electrons. The molecule has 2 aromatic rings. The molecule has 1 aliphatic carbocycles. The number of fused-ring (bicyclic) bond motifs is 1. The molecule has 1 saturated carbocycles. The van der Waals surface area contributed by atoms with E-state index in [1.807, 2.05) is 12.1 Å². The van der Waals surface area contributed by atoms with Gasteiger partial charge in [-0.1, -0.05) is 12.8 Å². The minimum Gasteiger partial charge on any atom is -0.497 e. The molecule has 1 aromatic carbocycles. The predicted molar refractivity (Wildman–Crippen MR) is 110 cm³/mol. The second-order valence-corrected chi connectivity index (χ2v) is 8.12. The first-order valence-corrected chi connectivity index (χ1v) is 10.3. The van der Waals surface area contributed by atoms with Gasteiger partial charge in [-0.15, -0.1) is 0 Å². The number of carbonyl (C=O) groups is 1. The van der Waals surface area contributed by atoms with E-state index in [2.05, 4.69) is 21.3 Å². The maximum absolute atomic E-state index is 12.2. The monoisotopic (exact) mass is 383 g/mol. The fourth-order valence-corrected chi connectivity index (χ4v) is 4.81. The molecule has 0 bridgehead atoms. The van der Waals surface area contributed by atoms with Crippen LogP contribution >= 0.6 is 0 Å². The lowest BCUT2D eigenvalue weighted by molar-refractivity contribution is 0.0944. The average Bonchev–Trinajstić information content (AvgIpc) is 3.19. The molecular weight excluding hydrogens is 354 g/mol. The van der Waals surface area contributed by atoms with Crippen LogP contribution in [0.25, 0.3) is 10.9 Å². The Morgan fingerprint density at radius 2 is 1.96 bits per heavy atom. The third-order valence-electron chi connectivity index (χ3n) is 6.46. The molecule has 0 atom stereocenters. The quantitative estimate of drug-likeness (QED) is 0.830. The lowest BCUT2D eigenvalue weighted by Gasteiger charge is -2.40. The fourth-order valence-electron chi connectivity index (χ4n) is 4.81. The number of nitrogens with one attached hydrogen (secondary N) is 1. The molecule has 6 heteroatoms. The second-order valence-electron chi connectivity index (χ2n) is 8.12. The largest absolute Gasteiger partial charge is 0.497 e. The maximum atomic E-state index is 12.2. The second kappa shape index (κ2) is 7.95. The Bertz CT molecular complexity index is 851. The molecule has 1 aromatic heterocycles. The van der Waals surface area contributed by atoms with Crippen LogP contribution in [-0.4, -0.2) is 49.3 Å². The summed E-state index contributed by atoms with van der Waals surface area (Å²) in [7, 11) is 1.67. The summed E-state index contributed by atoms with van der Waals surface area (Å²) in [5, 5.41) is 12.5. The minimum absolute atomic E-state index is 0.0822. The van der Waals surface area contributed by atoms with E-state index in [1.54, 1.807) is 13.3 Å². The number of hydrogen-bond donors (Lipinski definition) is 2. The van der Waals surface area contributed by atoms with Gasteiger partial charge in [-0.05, 0) is 43.2 Å². The molecule has 6 nitrogen and oxygen atoms in total. The van der Waals surface area contributed by atoms with E-state index in [-0.39, 0.29) is 19.1 Å². The highest BCUT2D eigenvalue weighted by Gasteiger charge is 2.37. The Balaban J connectivity index is 1.63. The summed E-state index contributed by atoms with van der Waals surface area (Å²) in [6.45, 7) is 2.24. The number of piperidine rings is 1. The van der Waals surface area contributed by atoms with Gasteiger partial charge in [0, 0.05) is 37.3 Å². The van der Waals surface area contributed by atoms with Crippen molar-refractivity contribution in [2.45, 2.75) is 38.5 Å². The molecule has 4 rings (SSSR count). The van der Waals surface area contributed by atoms with E-state index in [1.165, 1.54) is 38.5 Å². The van der Waals surface area contributed by atoms with Crippen LogP contribution in [0.5, 0.6) is 5.75 Å². The van der Waals surface area contributed by atoms with Crippen molar-refractivity contribution in [1.82, 2.24) is 10.3 Å². The number of amides is 1. The Morgan fingerprint density at radius 1 is 1.21 bits per heavy atom. The molecule has 150 valence electrons. The summed E-state index contributed by atoms with van der Waals surface area (Å²) in [5.74, 6) is 0.548. The Kier molecular flexibility index (Phi) is 5.40. The number of methoxy groups -OCH3 is 1. The average molecular weight is 383 g/mol. The summed E-state index contributed by atoms with van der Waals surface area (Å²) in [6, 6.07) is 5.84. The number of aliphatic hydroxyl groups is 1. The van der Waals surface area contributed by atoms with Gasteiger partial charge in [-0.25, -0.2) is 0 Å². The number of anilines is 1. The lowest BCUT2D eigenvalue weighted by atomic mass is 9.77. The van der Waals surface area contributed by atoms with Gasteiger partial charge in [-0.3, -0.25) is 9.78 Å². The highest BCUT2D eigenvalue weighted by atomic mass is 16.5. The van der Waals surface area contributed by atoms with Crippen LogP contribution in [-0.2, 0) is 0 Å². The first-order valence-electron chi connectivity index (χ1n) is 10.3. The molecule has 1 saturated heterocycles. The van der Waals surface area contributed by atoms with E-state index >= 15 is 0 Å². The Hall–Kier alpha value is -2.34. The molecule has 1 aliphatic heterocycles. The van der Waals surface area contributed by atoms with E-state index in [9.17, 15) is 4.79 Å². The zero-order chi connectivity index (χ0) is 19.6. The standard InChI is InChI=1S/C22H29N3O3/c1-28-18-13-16-12-17(21(27)23-8-11-26)15-24-20(16)19(14-18)25-9-6-22(7-10-25)4-2-3-5-22/h12-15,26H,2-11H2,1H3,(H,23,27). The van der Waals surface area contributed by atoms with Gasteiger partial charge in [0.1, 0.15) is 5.75 Å². The highest BCUT2D eigenvalue weighted by molar-refractivity contribution is 6.00. The van der Waals surface area contributed by atoms with Gasteiger partial charge in [0.25, 0.3) is 5.91 Å². The SMILES string of the molecule is COc1cc(N2CCC3(CCCC3)CC2)c2ncc(C(=O)NCCO)cc2c1. The van der Waals surface area contributed by atoms with Crippen molar-refractivity contribution in [3.8, 4) is 5.75 Å². The van der Waals surface area contributed by atoms with Crippen molar-refractivity contribution in [2.75, 3.05) is 38.3 Å². The molecule has 2 fully saturated rings. The topological polar surface area (TPSA) is 74.7 Å². The highest BCUT2D eigenvalue weighted by Crippen LogP contribution is 2.47. The predicted octanol–water partition coefficient (Wildman–Crippen LogP) is 3.13. The number of nitrogens with zero attached hydrogens (tertiary/aromatic N) is 2. The zero-order valence-electron chi connectivity index (χ0n) is 16.5. The van der Waals surface area contributed by atoms with Crippen LogP contribution in [0.15, 0.2) is 24.4 Å². The summed E-state index contributed by atoms with van der Waals surface area (Å²) in [4.78, 5) is 19.3.